The monoisotopic (exact) mass is 454 g/mol. The van der Waals surface area contributed by atoms with Crippen molar-refractivity contribution >= 4 is 11.7 Å². The zero-order chi connectivity index (χ0) is 23.9. The molecule has 6 heteroatoms. The second kappa shape index (κ2) is 8.28. The number of amides is 1. The number of fused-ring (bicyclic) bond motifs is 1. The summed E-state index contributed by atoms with van der Waals surface area (Å²) in [5.74, 6) is 0. The Kier molecular flexibility index (Phi) is 5.39. The van der Waals surface area contributed by atoms with E-state index in [9.17, 15) is 4.79 Å². The van der Waals surface area contributed by atoms with Crippen LogP contribution in [0.1, 0.15) is 51.3 Å². The number of aryl methyl sites for hydroxylation is 1. The molecule has 4 aromatic rings. The lowest BCUT2D eigenvalue weighted by Gasteiger charge is -2.43. The highest BCUT2D eigenvalue weighted by atomic mass is 16.6. The van der Waals surface area contributed by atoms with Gasteiger partial charge in [-0.05, 0) is 64.2 Å². The van der Waals surface area contributed by atoms with Crippen molar-refractivity contribution in [3.63, 3.8) is 0 Å². The van der Waals surface area contributed by atoms with Crippen LogP contribution in [0.4, 0.5) is 4.79 Å². The molecular formula is C28H30N4O2. The van der Waals surface area contributed by atoms with E-state index < -0.39 is 5.60 Å². The third-order valence-corrected chi connectivity index (χ3v) is 6.31. The minimum atomic E-state index is -0.525. The molecule has 0 saturated heterocycles. The lowest BCUT2D eigenvalue weighted by molar-refractivity contribution is 0.0377. The smallest absolute Gasteiger partial charge is 0.408 e. The first kappa shape index (κ1) is 22.1. The molecule has 0 spiro atoms. The van der Waals surface area contributed by atoms with E-state index in [1.54, 1.807) is 0 Å². The number of imidazole rings is 1. The maximum absolute atomic E-state index is 12.5. The molecule has 0 bridgehead atoms. The molecule has 174 valence electrons. The fourth-order valence-corrected chi connectivity index (χ4v) is 4.55. The average Bonchev–Trinajstić information content (AvgIpc) is 3.14. The number of carbonyl (C=O) groups is 1. The van der Waals surface area contributed by atoms with E-state index >= 15 is 0 Å². The van der Waals surface area contributed by atoms with E-state index in [0.29, 0.717) is 0 Å². The number of rotatable bonds is 4. The largest absolute Gasteiger partial charge is 0.444 e. The molecule has 5 rings (SSSR count). The van der Waals surface area contributed by atoms with E-state index in [0.717, 1.165) is 58.6 Å². The summed E-state index contributed by atoms with van der Waals surface area (Å²) in [6.45, 7) is 7.61. The van der Waals surface area contributed by atoms with Crippen LogP contribution in [0.2, 0.25) is 0 Å². The van der Waals surface area contributed by atoms with Gasteiger partial charge in [0.05, 0.1) is 23.1 Å². The van der Waals surface area contributed by atoms with Crippen LogP contribution in [0.25, 0.3) is 28.0 Å². The summed E-state index contributed by atoms with van der Waals surface area (Å²) < 4.78 is 7.36. The van der Waals surface area contributed by atoms with Crippen LogP contribution in [-0.2, 0) is 10.3 Å². The third-order valence-electron chi connectivity index (χ3n) is 6.31. The molecular weight excluding hydrogens is 424 g/mol. The second-order valence-corrected chi connectivity index (χ2v) is 10.1. The van der Waals surface area contributed by atoms with Gasteiger partial charge >= 0.3 is 6.09 Å². The van der Waals surface area contributed by atoms with E-state index in [-0.39, 0.29) is 11.6 Å². The van der Waals surface area contributed by atoms with Gasteiger partial charge in [-0.1, -0.05) is 54.6 Å². The van der Waals surface area contributed by atoms with Crippen molar-refractivity contribution in [3.8, 4) is 22.4 Å². The number of ether oxygens (including phenoxy) is 1. The fraction of sp³-hybridized carbons (Fsp3) is 0.321. The van der Waals surface area contributed by atoms with Crippen LogP contribution in [0.15, 0.2) is 66.9 Å². The normalized spacial score (nSPS) is 15.1. The summed E-state index contributed by atoms with van der Waals surface area (Å²) in [6, 6.07) is 20.8. The van der Waals surface area contributed by atoms with Crippen LogP contribution in [0.3, 0.4) is 0 Å². The van der Waals surface area contributed by atoms with Crippen LogP contribution >= 0.6 is 0 Å². The van der Waals surface area contributed by atoms with Gasteiger partial charge in [0, 0.05) is 11.1 Å². The molecule has 34 heavy (non-hydrogen) atoms. The van der Waals surface area contributed by atoms with Crippen LogP contribution in [0, 0.1) is 6.92 Å². The Hall–Kier alpha value is -3.67. The first-order valence-corrected chi connectivity index (χ1v) is 11.8. The highest BCUT2D eigenvalue weighted by molar-refractivity contribution is 5.82. The Morgan fingerprint density at radius 1 is 1.03 bits per heavy atom. The Balaban J connectivity index is 1.51. The number of benzene rings is 2. The molecule has 6 nitrogen and oxygen atoms in total. The van der Waals surface area contributed by atoms with E-state index in [4.69, 9.17) is 9.84 Å². The quantitative estimate of drug-likeness (QED) is 0.394. The summed E-state index contributed by atoms with van der Waals surface area (Å²) in [5.41, 5.74) is 5.99. The van der Waals surface area contributed by atoms with E-state index in [2.05, 4.69) is 52.8 Å². The van der Waals surface area contributed by atoms with Crippen LogP contribution < -0.4 is 5.32 Å². The van der Waals surface area contributed by atoms with Crippen molar-refractivity contribution in [1.29, 1.82) is 0 Å². The molecule has 1 N–H and O–H groups in total. The standard InChI is InChI=1S/C28H30N4O2/c1-19-18-32-24(29-19)17-23(20-9-6-5-7-10-20)25(31-32)21-11-13-22(14-12-21)28(15-8-16-28)30-26(33)34-27(2,3)4/h5-7,9-14,17-18H,8,15-16H2,1-4H3,(H,30,33). The van der Waals surface area contributed by atoms with Crippen molar-refractivity contribution in [1.82, 2.24) is 19.9 Å². The topological polar surface area (TPSA) is 68.5 Å². The molecule has 1 saturated carbocycles. The lowest BCUT2D eigenvalue weighted by Crippen LogP contribution is -2.52. The first-order chi connectivity index (χ1) is 16.2. The van der Waals surface area contributed by atoms with Gasteiger partial charge in [0.25, 0.3) is 0 Å². The van der Waals surface area contributed by atoms with Crippen LogP contribution in [0.5, 0.6) is 0 Å². The SMILES string of the molecule is Cc1cn2nc(-c3ccc(C4(NC(=O)OC(C)(C)C)CCC4)cc3)c(-c3ccccc3)cc2n1. The number of carbonyl (C=O) groups excluding carboxylic acids is 1. The zero-order valence-electron chi connectivity index (χ0n) is 20.1. The maximum Gasteiger partial charge on any atom is 0.408 e. The third kappa shape index (κ3) is 4.28. The van der Waals surface area contributed by atoms with Gasteiger partial charge in [-0.2, -0.15) is 5.10 Å². The Labute approximate surface area is 200 Å². The van der Waals surface area contributed by atoms with E-state index in [1.165, 1.54) is 0 Å². The first-order valence-electron chi connectivity index (χ1n) is 11.8. The van der Waals surface area contributed by atoms with Gasteiger partial charge in [-0.3, -0.25) is 0 Å². The number of aromatic nitrogens is 3. The van der Waals surface area contributed by atoms with Crippen molar-refractivity contribution in [2.24, 2.45) is 0 Å². The molecule has 0 radical (unpaired) electrons. The molecule has 1 aliphatic rings. The molecule has 1 fully saturated rings. The fourth-order valence-electron chi connectivity index (χ4n) is 4.55. The minimum absolute atomic E-state index is 0.370. The predicted octanol–water partition coefficient (Wildman–Crippen LogP) is 6.28. The molecule has 0 aliphatic heterocycles. The van der Waals surface area contributed by atoms with Gasteiger partial charge in [0.2, 0.25) is 0 Å². The highest BCUT2D eigenvalue weighted by Crippen LogP contribution is 2.42. The van der Waals surface area contributed by atoms with Crippen molar-refractivity contribution < 1.29 is 9.53 Å². The maximum atomic E-state index is 12.5. The van der Waals surface area contributed by atoms with Crippen molar-refractivity contribution in [2.75, 3.05) is 0 Å². The van der Waals surface area contributed by atoms with Crippen molar-refractivity contribution in [2.45, 2.75) is 58.1 Å². The Morgan fingerprint density at radius 2 is 1.74 bits per heavy atom. The summed E-state index contributed by atoms with van der Waals surface area (Å²) in [5, 5.41) is 8.06. The van der Waals surface area contributed by atoms with Gasteiger partial charge in [-0.15, -0.1) is 0 Å². The highest BCUT2D eigenvalue weighted by Gasteiger charge is 2.41. The molecule has 2 aromatic carbocycles. The molecule has 0 atom stereocenters. The summed E-state index contributed by atoms with van der Waals surface area (Å²) in [4.78, 5) is 17.1. The summed E-state index contributed by atoms with van der Waals surface area (Å²) in [6.07, 6.45) is 4.45. The van der Waals surface area contributed by atoms with Gasteiger partial charge in [-0.25, -0.2) is 14.3 Å². The molecule has 1 aliphatic carbocycles. The minimum Gasteiger partial charge on any atom is -0.444 e. The van der Waals surface area contributed by atoms with Gasteiger partial charge in [0.1, 0.15) is 5.60 Å². The molecule has 0 unspecified atom stereocenters. The Bertz CT molecular complexity index is 1330. The Morgan fingerprint density at radius 3 is 2.35 bits per heavy atom. The molecule has 1 amide bonds. The number of hydrogen-bond acceptors (Lipinski definition) is 4. The number of hydrogen-bond donors (Lipinski definition) is 1. The summed E-state index contributed by atoms with van der Waals surface area (Å²) >= 11 is 0. The van der Waals surface area contributed by atoms with Crippen LogP contribution in [-0.4, -0.2) is 26.3 Å². The van der Waals surface area contributed by atoms with Gasteiger partial charge < -0.3 is 10.1 Å². The number of alkyl carbamates (subject to hydrolysis) is 1. The van der Waals surface area contributed by atoms with Gasteiger partial charge in [0.15, 0.2) is 5.65 Å². The summed E-state index contributed by atoms with van der Waals surface area (Å²) in [7, 11) is 0. The molecule has 2 aromatic heterocycles. The lowest BCUT2D eigenvalue weighted by atomic mass is 9.71. The molecule has 2 heterocycles. The average molecular weight is 455 g/mol. The predicted molar refractivity (Wildman–Crippen MR) is 133 cm³/mol. The zero-order valence-corrected chi connectivity index (χ0v) is 20.1. The number of nitrogens with zero attached hydrogens (tertiary/aromatic N) is 3. The van der Waals surface area contributed by atoms with Crippen molar-refractivity contribution in [3.05, 3.63) is 78.1 Å². The second-order valence-electron chi connectivity index (χ2n) is 10.1. The number of nitrogens with one attached hydrogen (secondary N) is 1. The van der Waals surface area contributed by atoms with E-state index in [1.807, 2.05) is 56.6 Å².